The first-order valence-electron chi connectivity index (χ1n) is 6.91. The number of hydrogen-bond donors (Lipinski definition) is 1. The zero-order valence-electron chi connectivity index (χ0n) is 11.9. The van der Waals surface area contributed by atoms with Gasteiger partial charge >= 0.3 is 0 Å². The van der Waals surface area contributed by atoms with Gasteiger partial charge in [-0.1, -0.05) is 35.8 Å². The Morgan fingerprint density at radius 1 is 1.22 bits per heavy atom. The average molecular weight is 310 g/mol. The van der Waals surface area contributed by atoms with Crippen molar-refractivity contribution in [1.29, 1.82) is 0 Å². The van der Waals surface area contributed by atoms with Crippen LogP contribution in [-0.4, -0.2) is 12.6 Å². The van der Waals surface area contributed by atoms with Gasteiger partial charge in [0.2, 0.25) is 0 Å². The lowest BCUT2D eigenvalue weighted by Gasteiger charge is -2.28. The third-order valence-electron chi connectivity index (χ3n) is 4.00. The molecule has 0 radical (unpaired) electrons. The van der Waals surface area contributed by atoms with Gasteiger partial charge in [-0.15, -0.1) is 0 Å². The van der Waals surface area contributed by atoms with Crippen LogP contribution in [0, 0.1) is 13.8 Å². The van der Waals surface area contributed by atoms with Gasteiger partial charge in [0.05, 0.1) is 0 Å². The van der Waals surface area contributed by atoms with Crippen molar-refractivity contribution in [3.05, 3.63) is 33.3 Å². The Hall–Kier alpha value is -0.340. The zero-order chi connectivity index (χ0) is 13.3. The maximum atomic E-state index is 3.62. The fourth-order valence-corrected chi connectivity index (χ4v) is 2.98. The molecule has 0 bridgehead atoms. The van der Waals surface area contributed by atoms with Gasteiger partial charge in [-0.25, -0.2) is 0 Å². The van der Waals surface area contributed by atoms with E-state index in [1.807, 2.05) is 0 Å². The van der Waals surface area contributed by atoms with Crippen molar-refractivity contribution >= 4 is 15.9 Å². The van der Waals surface area contributed by atoms with Crippen molar-refractivity contribution in [2.75, 3.05) is 6.54 Å². The van der Waals surface area contributed by atoms with Gasteiger partial charge in [0.1, 0.15) is 0 Å². The summed E-state index contributed by atoms with van der Waals surface area (Å²) in [6.45, 7) is 10.2. The predicted molar refractivity (Wildman–Crippen MR) is 82.3 cm³/mol. The Balaban J connectivity index is 2.09. The number of rotatable bonds is 5. The smallest absolute Gasteiger partial charge is 0.0207 e. The summed E-state index contributed by atoms with van der Waals surface area (Å²) in [4.78, 5) is 0. The molecular weight excluding hydrogens is 286 g/mol. The Bertz CT molecular complexity index is 433. The van der Waals surface area contributed by atoms with E-state index in [1.165, 1.54) is 40.4 Å². The monoisotopic (exact) mass is 309 g/mol. The molecule has 2 rings (SSSR count). The highest BCUT2D eigenvalue weighted by atomic mass is 79.9. The van der Waals surface area contributed by atoms with Crippen LogP contribution in [0.4, 0.5) is 0 Å². The molecule has 0 atom stereocenters. The standard InChI is InChI=1S/C16H24BrN/c1-11-10-15(17)12(2)9-14(11)16(3,4)7-8-18-13-5-6-13/h9-10,13,18H,5-8H2,1-4H3. The Kier molecular flexibility index (Phi) is 4.18. The molecule has 2 heteroatoms. The predicted octanol–water partition coefficient (Wildman–Crippen LogP) is 4.49. The van der Waals surface area contributed by atoms with Crippen LogP contribution in [0.3, 0.4) is 0 Å². The third kappa shape index (κ3) is 3.36. The van der Waals surface area contributed by atoms with Crippen LogP contribution in [0.25, 0.3) is 0 Å². The highest BCUT2D eigenvalue weighted by Gasteiger charge is 2.25. The number of halogens is 1. The summed E-state index contributed by atoms with van der Waals surface area (Å²) in [5, 5.41) is 3.62. The van der Waals surface area contributed by atoms with Crippen LogP contribution in [0.5, 0.6) is 0 Å². The van der Waals surface area contributed by atoms with Gasteiger partial charge in [0.15, 0.2) is 0 Å². The van der Waals surface area contributed by atoms with Crippen LogP contribution in [0.2, 0.25) is 0 Å². The molecular formula is C16H24BrN. The summed E-state index contributed by atoms with van der Waals surface area (Å²) in [5.41, 5.74) is 4.46. The fraction of sp³-hybridized carbons (Fsp3) is 0.625. The second kappa shape index (κ2) is 5.34. The largest absolute Gasteiger partial charge is 0.314 e. The Labute approximate surface area is 119 Å². The second-order valence-electron chi connectivity index (χ2n) is 6.28. The molecule has 0 heterocycles. The fourth-order valence-electron chi connectivity index (χ4n) is 2.52. The number of nitrogens with one attached hydrogen (secondary N) is 1. The van der Waals surface area contributed by atoms with Crippen LogP contribution >= 0.6 is 15.9 Å². The molecule has 1 aromatic carbocycles. The van der Waals surface area contributed by atoms with E-state index in [4.69, 9.17) is 0 Å². The van der Waals surface area contributed by atoms with E-state index >= 15 is 0 Å². The molecule has 100 valence electrons. The normalized spacial score (nSPS) is 16.1. The number of hydrogen-bond acceptors (Lipinski definition) is 1. The highest BCUT2D eigenvalue weighted by molar-refractivity contribution is 9.10. The third-order valence-corrected chi connectivity index (χ3v) is 4.85. The van der Waals surface area contributed by atoms with Crippen LogP contribution in [-0.2, 0) is 5.41 Å². The highest BCUT2D eigenvalue weighted by Crippen LogP contribution is 2.33. The van der Waals surface area contributed by atoms with E-state index in [2.05, 4.69) is 61.1 Å². The van der Waals surface area contributed by atoms with E-state index in [9.17, 15) is 0 Å². The molecule has 1 aliphatic carbocycles. The maximum Gasteiger partial charge on any atom is 0.0207 e. The SMILES string of the molecule is Cc1cc(C(C)(C)CCNC2CC2)c(C)cc1Br. The van der Waals surface area contributed by atoms with Gasteiger partial charge in [-0.2, -0.15) is 0 Å². The van der Waals surface area contributed by atoms with Gasteiger partial charge in [0, 0.05) is 10.5 Å². The molecule has 1 N–H and O–H groups in total. The summed E-state index contributed by atoms with van der Waals surface area (Å²) >= 11 is 3.61. The molecule has 0 spiro atoms. The van der Waals surface area contributed by atoms with Crippen molar-refractivity contribution in [2.45, 2.75) is 58.4 Å². The lowest BCUT2D eigenvalue weighted by molar-refractivity contribution is 0.454. The summed E-state index contributed by atoms with van der Waals surface area (Å²) in [6, 6.07) is 5.41. The van der Waals surface area contributed by atoms with Crippen LogP contribution < -0.4 is 5.32 Å². The van der Waals surface area contributed by atoms with Crippen molar-refractivity contribution in [3.63, 3.8) is 0 Å². The summed E-state index contributed by atoms with van der Waals surface area (Å²) < 4.78 is 1.22. The lowest BCUT2D eigenvalue weighted by atomic mass is 9.78. The summed E-state index contributed by atoms with van der Waals surface area (Å²) in [6.07, 6.45) is 3.94. The molecule has 1 nitrogen and oxygen atoms in total. The van der Waals surface area contributed by atoms with Gasteiger partial charge in [0.25, 0.3) is 0 Å². The first-order valence-corrected chi connectivity index (χ1v) is 7.70. The minimum Gasteiger partial charge on any atom is -0.314 e. The van der Waals surface area contributed by atoms with E-state index in [-0.39, 0.29) is 5.41 Å². The minimum atomic E-state index is 0.247. The van der Waals surface area contributed by atoms with Crippen molar-refractivity contribution in [1.82, 2.24) is 5.32 Å². The van der Waals surface area contributed by atoms with Crippen molar-refractivity contribution in [3.8, 4) is 0 Å². The average Bonchev–Trinajstić information content (AvgIpc) is 3.07. The zero-order valence-corrected chi connectivity index (χ0v) is 13.5. The first kappa shape index (κ1) is 14.1. The number of benzene rings is 1. The number of aryl methyl sites for hydroxylation is 2. The Morgan fingerprint density at radius 2 is 1.89 bits per heavy atom. The molecule has 0 aromatic heterocycles. The van der Waals surface area contributed by atoms with Gasteiger partial charge in [-0.05, 0) is 67.8 Å². The molecule has 0 aliphatic heterocycles. The molecule has 1 fully saturated rings. The Morgan fingerprint density at radius 3 is 2.50 bits per heavy atom. The summed E-state index contributed by atoms with van der Waals surface area (Å²) in [7, 11) is 0. The molecule has 1 saturated carbocycles. The van der Waals surface area contributed by atoms with E-state index < -0.39 is 0 Å². The van der Waals surface area contributed by atoms with E-state index in [0.29, 0.717) is 0 Å². The van der Waals surface area contributed by atoms with Crippen LogP contribution in [0.15, 0.2) is 16.6 Å². The summed E-state index contributed by atoms with van der Waals surface area (Å²) in [5.74, 6) is 0. The molecule has 0 unspecified atom stereocenters. The van der Waals surface area contributed by atoms with Crippen LogP contribution in [0.1, 0.15) is 49.8 Å². The van der Waals surface area contributed by atoms with Gasteiger partial charge in [-0.3, -0.25) is 0 Å². The van der Waals surface area contributed by atoms with E-state index in [0.717, 1.165) is 12.6 Å². The topological polar surface area (TPSA) is 12.0 Å². The van der Waals surface area contributed by atoms with Crippen molar-refractivity contribution < 1.29 is 0 Å². The molecule has 0 amide bonds. The maximum absolute atomic E-state index is 3.62. The lowest BCUT2D eigenvalue weighted by Crippen LogP contribution is -2.27. The molecule has 18 heavy (non-hydrogen) atoms. The molecule has 1 aromatic rings. The molecule has 0 saturated heterocycles. The van der Waals surface area contributed by atoms with E-state index in [1.54, 1.807) is 0 Å². The first-order chi connectivity index (χ1) is 8.40. The quantitative estimate of drug-likeness (QED) is 0.845. The minimum absolute atomic E-state index is 0.247. The molecule has 1 aliphatic rings. The van der Waals surface area contributed by atoms with Crippen molar-refractivity contribution in [2.24, 2.45) is 0 Å². The van der Waals surface area contributed by atoms with Gasteiger partial charge < -0.3 is 5.32 Å². The second-order valence-corrected chi connectivity index (χ2v) is 7.13.